The second-order valence-corrected chi connectivity index (χ2v) is 7.22. The van der Waals surface area contributed by atoms with Gasteiger partial charge in [-0.1, -0.05) is 6.07 Å². The van der Waals surface area contributed by atoms with Crippen molar-refractivity contribution < 1.29 is 35.9 Å². The van der Waals surface area contributed by atoms with Crippen molar-refractivity contribution in [2.24, 2.45) is 0 Å². The van der Waals surface area contributed by atoms with Gasteiger partial charge in [-0.05, 0) is 36.2 Å². The second-order valence-electron chi connectivity index (χ2n) is 7.22. The lowest BCUT2D eigenvalue weighted by molar-refractivity contribution is -0.137. The van der Waals surface area contributed by atoms with Gasteiger partial charge in [0, 0.05) is 24.9 Å². The Morgan fingerprint density at radius 1 is 0.914 bits per heavy atom. The van der Waals surface area contributed by atoms with Crippen molar-refractivity contribution in [3.63, 3.8) is 0 Å². The van der Waals surface area contributed by atoms with E-state index in [2.05, 4.69) is 20.3 Å². The van der Waals surface area contributed by atoms with E-state index in [1.54, 1.807) is 0 Å². The van der Waals surface area contributed by atoms with E-state index < -0.39 is 35.1 Å². The molecule has 0 saturated heterocycles. The lowest BCUT2D eigenvalue weighted by atomic mass is 10.1. The Morgan fingerprint density at radius 3 is 2.43 bits per heavy atom. The molecule has 6 nitrogen and oxygen atoms in total. The highest BCUT2D eigenvalue weighted by Gasteiger charge is 2.31. The molecular formula is C23H14F6N4O2. The first kappa shape index (κ1) is 23.9. The molecular weight excluding hydrogens is 478 g/mol. The molecule has 0 unspecified atom stereocenters. The fourth-order valence-electron chi connectivity index (χ4n) is 3.22. The molecule has 0 spiro atoms. The SMILES string of the molecule is O=C(NCCc1ccc(Oc2cc(C(F)(F)F)ccn2)cc1F)c1ncnc2c(F)ccc(F)c12. The molecule has 0 atom stereocenters. The molecule has 180 valence electrons. The number of carbonyl (C=O) groups is 1. The van der Waals surface area contributed by atoms with E-state index in [0.717, 1.165) is 36.8 Å². The summed E-state index contributed by atoms with van der Waals surface area (Å²) in [7, 11) is 0. The summed E-state index contributed by atoms with van der Waals surface area (Å²) in [5.41, 5.74) is -1.51. The molecule has 0 radical (unpaired) electrons. The standard InChI is InChI=1S/C23H14F6N4O2/c24-15-3-4-16(25)20-19(15)21(33-11-32-20)22(34)31-7-5-12-1-2-14(10-17(12)26)35-18-9-13(6-8-30-18)23(27,28)29/h1-4,6,8-11H,5,7H2,(H,31,34). The van der Waals surface area contributed by atoms with Crippen LogP contribution in [-0.4, -0.2) is 27.4 Å². The number of pyridine rings is 1. The molecule has 2 heterocycles. The van der Waals surface area contributed by atoms with E-state index in [0.29, 0.717) is 6.07 Å². The zero-order valence-corrected chi connectivity index (χ0v) is 17.5. The first-order chi connectivity index (χ1) is 16.6. The van der Waals surface area contributed by atoms with Gasteiger partial charge in [-0.2, -0.15) is 13.2 Å². The van der Waals surface area contributed by atoms with E-state index in [4.69, 9.17) is 4.74 Å². The molecule has 0 aliphatic rings. The summed E-state index contributed by atoms with van der Waals surface area (Å²) < 4.78 is 86.1. The predicted molar refractivity (Wildman–Crippen MR) is 111 cm³/mol. The number of alkyl halides is 3. The molecule has 2 aromatic carbocycles. The van der Waals surface area contributed by atoms with Gasteiger partial charge in [0.2, 0.25) is 5.88 Å². The third-order valence-electron chi connectivity index (χ3n) is 4.89. The topological polar surface area (TPSA) is 77.0 Å². The molecule has 4 aromatic rings. The van der Waals surface area contributed by atoms with Crippen LogP contribution in [0.3, 0.4) is 0 Å². The first-order valence-electron chi connectivity index (χ1n) is 10.00. The Balaban J connectivity index is 1.41. The van der Waals surface area contributed by atoms with E-state index in [-0.39, 0.29) is 46.8 Å². The van der Waals surface area contributed by atoms with Gasteiger partial charge in [-0.15, -0.1) is 0 Å². The van der Waals surface area contributed by atoms with Crippen molar-refractivity contribution in [2.75, 3.05) is 6.54 Å². The summed E-state index contributed by atoms with van der Waals surface area (Å²) in [6, 6.07) is 6.83. The molecule has 4 rings (SSSR count). The molecule has 35 heavy (non-hydrogen) atoms. The van der Waals surface area contributed by atoms with Gasteiger partial charge in [-0.3, -0.25) is 4.79 Å². The normalized spacial score (nSPS) is 11.5. The number of rotatable bonds is 6. The Labute approximate surface area is 193 Å². The number of fused-ring (bicyclic) bond motifs is 1. The summed E-state index contributed by atoms with van der Waals surface area (Å²) in [6.07, 6.45) is -2.72. The average molecular weight is 492 g/mol. The van der Waals surface area contributed by atoms with E-state index in [1.165, 1.54) is 12.1 Å². The lowest BCUT2D eigenvalue weighted by Crippen LogP contribution is -2.27. The highest BCUT2D eigenvalue weighted by molar-refractivity contribution is 6.04. The quantitative estimate of drug-likeness (QED) is 0.374. The smallest absolute Gasteiger partial charge is 0.416 e. The van der Waals surface area contributed by atoms with Gasteiger partial charge in [0.05, 0.1) is 10.9 Å². The number of hydrogen-bond acceptors (Lipinski definition) is 5. The van der Waals surface area contributed by atoms with Crippen LogP contribution in [0.4, 0.5) is 26.3 Å². The minimum Gasteiger partial charge on any atom is -0.439 e. The molecule has 12 heteroatoms. The largest absolute Gasteiger partial charge is 0.439 e. The van der Waals surface area contributed by atoms with Crippen LogP contribution < -0.4 is 10.1 Å². The van der Waals surface area contributed by atoms with Crippen LogP contribution in [-0.2, 0) is 12.6 Å². The number of hydrogen-bond donors (Lipinski definition) is 1. The Bertz CT molecular complexity index is 1410. The molecule has 0 aliphatic heterocycles. The Kier molecular flexibility index (Phi) is 6.54. The van der Waals surface area contributed by atoms with Crippen molar-refractivity contribution in [3.05, 3.63) is 89.3 Å². The Morgan fingerprint density at radius 2 is 1.69 bits per heavy atom. The van der Waals surface area contributed by atoms with Crippen molar-refractivity contribution in [1.82, 2.24) is 20.3 Å². The summed E-state index contributed by atoms with van der Waals surface area (Å²) in [5, 5.41) is 2.08. The van der Waals surface area contributed by atoms with Gasteiger partial charge in [0.25, 0.3) is 5.91 Å². The molecule has 1 N–H and O–H groups in total. The number of benzene rings is 2. The van der Waals surface area contributed by atoms with Crippen molar-refractivity contribution in [1.29, 1.82) is 0 Å². The van der Waals surface area contributed by atoms with E-state index >= 15 is 0 Å². The number of nitrogens with one attached hydrogen (secondary N) is 1. The summed E-state index contributed by atoms with van der Waals surface area (Å²) in [6.45, 7) is -0.0758. The van der Waals surface area contributed by atoms with E-state index in [9.17, 15) is 31.1 Å². The number of carbonyl (C=O) groups excluding carboxylic acids is 1. The van der Waals surface area contributed by atoms with Gasteiger partial charge in [0.1, 0.15) is 40.7 Å². The fraction of sp³-hybridized carbons (Fsp3) is 0.130. The van der Waals surface area contributed by atoms with Crippen LogP contribution in [0, 0.1) is 17.5 Å². The third kappa shape index (κ3) is 5.31. The number of aromatic nitrogens is 3. The van der Waals surface area contributed by atoms with Crippen LogP contribution >= 0.6 is 0 Å². The number of ether oxygens (including phenoxy) is 1. The van der Waals surface area contributed by atoms with Crippen molar-refractivity contribution in [2.45, 2.75) is 12.6 Å². The van der Waals surface area contributed by atoms with Gasteiger partial charge in [-0.25, -0.2) is 28.1 Å². The van der Waals surface area contributed by atoms with Gasteiger partial charge < -0.3 is 10.1 Å². The molecule has 2 aromatic heterocycles. The summed E-state index contributed by atoms with van der Waals surface area (Å²) in [4.78, 5) is 23.5. The van der Waals surface area contributed by atoms with Crippen LogP contribution in [0.25, 0.3) is 10.9 Å². The van der Waals surface area contributed by atoms with Gasteiger partial charge >= 0.3 is 6.18 Å². The van der Waals surface area contributed by atoms with Crippen LogP contribution in [0.15, 0.2) is 55.0 Å². The molecule has 0 saturated carbocycles. The fourth-order valence-corrected chi connectivity index (χ4v) is 3.22. The van der Waals surface area contributed by atoms with Crippen LogP contribution in [0.1, 0.15) is 21.6 Å². The van der Waals surface area contributed by atoms with E-state index in [1.807, 2.05) is 0 Å². The second kappa shape index (κ2) is 9.57. The maximum Gasteiger partial charge on any atom is 0.416 e. The van der Waals surface area contributed by atoms with Crippen LogP contribution in [0.2, 0.25) is 0 Å². The summed E-state index contributed by atoms with van der Waals surface area (Å²) in [5.74, 6) is -3.67. The minimum absolute atomic E-state index is 0.0134. The summed E-state index contributed by atoms with van der Waals surface area (Å²) >= 11 is 0. The molecule has 1 amide bonds. The number of amides is 1. The predicted octanol–water partition coefficient (Wildman–Crippen LogP) is 5.23. The number of halogens is 6. The zero-order chi connectivity index (χ0) is 25.2. The molecule has 0 fully saturated rings. The molecule has 0 aliphatic carbocycles. The Hall–Kier alpha value is -4.22. The minimum atomic E-state index is -4.58. The maximum absolute atomic E-state index is 14.5. The van der Waals surface area contributed by atoms with Crippen molar-refractivity contribution >= 4 is 16.8 Å². The van der Waals surface area contributed by atoms with Crippen molar-refractivity contribution in [3.8, 4) is 11.6 Å². The first-order valence-corrected chi connectivity index (χ1v) is 10.00. The third-order valence-corrected chi connectivity index (χ3v) is 4.89. The lowest BCUT2D eigenvalue weighted by Gasteiger charge is -2.11. The zero-order valence-electron chi connectivity index (χ0n) is 17.5. The van der Waals surface area contributed by atoms with Crippen LogP contribution in [0.5, 0.6) is 11.6 Å². The highest BCUT2D eigenvalue weighted by atomic mass is 19.4. The van der Waals surface area contributed by atoms with Gasteiger partial charge in [0.15, 0.2) is 0 Å². The highest BCUT2D eigenvalue weighted by Crippen LogP contribution is 2.32. The molecule has 0 bridgehead atoms. The average Bonchev–Trinajstić information content (AvgIpc) is 2.82. The number of nitrogens with zero attached hydrogens (tertiary/aromatic N) is 3. The monoisotopic (exact) mass is 492 g/mol. The maximum atomic E-state index is 14.5.